The molecule has 7 aromatic carbocycles. The van der Waals surface area contributed by atoms with E-state index in [4.69, 9.17) is 0 Å². The minimum Gasteiger partial charge on any atom is -0.356 e. The third kappa shape index (κ3) is 4.83. The molecule has 8 rings (SSSR count). The van der Waals surface area contributed by atoms with Gasteiger partial charge in [0.05, 0.1) is 11.0 Å². The van der Waals surface area contributed by atoms with Crippen LogP contribution in [0.1, 0.15) is 0 Å². The highest BCUT2D eigenvalue weighted by Gasteiger charge is 2.13. The van der Waals surface area contributed by atoms with Gasteiger partial charge in [0.15, 0.2) is 0 Å². The first kappa shape index (κ1) is 25.8. The van der Waals surface area contributed by atoms with Crippen molar-refractivity contribution in [3.63, 3.8) is 0 Å². The van der Waals surface area contributed by atoms with Gasteiger partial charge in [-0.1, -0.05) is 127 Å². The predicted octanol–water partition coefficient (Wildman–Crippen LogP) is 11.5. The minimum atomic E-state index is 1.06. The molecule has 0 radical (unpaired) electrons. The average molecular weight is 563 g/mol. The number of nitrogens with zero attached hydrogens (tertiary/aromatic N) is 1. The van der Waals surface area contributed by atoms with Gasteiger partial charge in [-0.25, -0.2) is 0 Å². The SMILES string of the molecule is c1ccc(-c2ccc(Nc3ccc(-c4ccc5c6ccccc6n(-c6ccc(-c7ccccc7)cc6)c5c4)cc3)cc2)cc1. The lowest BCUT2D eigenvalue weighted by atomic mass is 10.0. The van der Waals surface area contributed by atoms with Gasteiger partial charge in [0.2, 0.25) is 0 Å². The normalized spacial score (nSPS) is 11.2. The van der Waals surface area contributed by atoms with E-state index in [0.29, 0.717) is 0 Å². The maximum absolute atomic E-state index is 3.55. The lowest BCUT2D eigenvalue weighted by Crippen LogP contribution is -1.94. The van der Waals surface area contributed by atoms with Gasteiger partial charge in [-0.15, -0.1) is 0 Å². The molecule has 1 heterocycles. The molecular weight excluding hydrogens is 532 g/mol. The molecule has 2 heteroatoms. The number of rotatable bonds is 6. The second-order valence-corrected chi connectivity index (χ2v) is 11.1. The van der Waals surface area contributed by atoms with Gasteiger partial charge in [0.1, 0.15) is 0 Å². The minimum absolute atomic E-state index is 1.06. The van der Waals surface area contributed by atoms with E-state index in [1.807, 2.05) is 6.07 Å². The first-order valence-corrected chi connectivity index (χ1v) is 15.0. The quantitative estimate of drug-likeness (QED) is 0.213. The van der Waals surface area contributed by atoms with Gasteiger partial charge in [-0.05, 0) is 81.9 Å². The molecule has 0 bridgehead atoms. The number of hydrogen-bond acceptors (Lipinski definition) is 1. The Bertz CT molecular complexity index is 2190. The topological polar surface area (TPSA) is 17.0 Å². The summed E-state index contributed by atoms with van der Waals surface area (Å²) in [4.78, 5) is 0. The first-order chi connectivity index (χ1) is 21.8. The van der Waals surface area contributed by atoms with Gasteiger partial charge in [-0.3, -0.25) is 0 Å². The van der Waals surface area contributed by atoms with Crippen molar-refractivity contribution in [1.82, 2.24) is 4.57 Å². The van der Waals surface area contributed by atoms with E-state index in [1.54, 1.807) is 0 Å². The van der Waals surface area contributed by atoms with Crippen LogP contribution in [-0.2, 0) is 0 Å². The highest BCUT2D eigenvalue weighted by molar-refractivity contribution is 6.10. The number of aromatic nitrogens is 1. The number of anilines is 2. The molecule has 0 aliphatic heterocycles. The summed E-state index contributed by atoms with van der Waals surface area (Å²) in [6.07, 6.45) is 0. The third-order valence-corrected chi connectivity index (χ3v) is 8.41. The van der Waals surface area contributed by atoms with Gasteiger partial charge < -0.3 is 9.88 Å². The van der Waals surface area contributed by atoms with Crippen molar-refractivity contribution >= 4 is 33.2 Å². The molecule has 1 N–H and O–H groups in total. The summed E-state index contributed by atoms with van der Waals surface area (Å²) in [5.41, 5.74) is 13.0. The lowest BCUT2D eigenvalue weighted by molar-refractivity contribution is 1.18. The average Bonchev–Trinajstić information content (AvgIpc) is 3.43. The van der Waals surface area contributed by atoms with Crippen molar-refractivity contribution in [2.45, 2.75) is 0 Å². The van der Waals surface area contributed by atoms with Crippen LogP contribution in [0.2, 0.25) is 0 Å². The van der Waals surface area contributed by atoms with Crippen LogP contribution in [0.25, 0.3) is 60.9 Å². The van der Waals surface area contributed by atoms with E-state index < -0.39 is 0 Å². The molecule has 208 valence electrons. The fraction of sp³-hybridized carbons (Fsp3) is 0. The van der Waals surface area contributed by atoms with Crippen LogP contribution in [0, 0.1) is 0 Å². The van der Waals surface area contributed by atoms with Crippen LogP contribution in [-0.4, -0.2) is 4.57 Å². The standard InChI is InChI=1S/C42H30N2/c1-3-9-30(10-4-1)32-15-22-36(23-16-32)43-37-24-17-34(18-25-37)35-21-28-40-39-13-7-8-14-41(39)44(42(40)29-35)38-26-19-33(20-27-38)31-11-5-2-6-12-31/h1-29,43H. The van der Waals surface area contributed by atoms with Crippen molar-refractivity contribution in [2.24, 2.45) is 0 Å². The first-order valence-electron chi connectivity index (χ1n) is 15.0. The number of hydrogen-bond donors (Lipinski definition) is 1. The Hall–Kier alpha value is -5.86. The fourth-order valence-electron chi connectivity index (χ4n) is 6.15. The molecule has 0 atom stereocenters. The van der Waals surface area contributed by atoms with E-state index in [-0.39, 0.29) is 0 Å². The van der Waals surface area contributed by atoms with Gasteiger partial charge in [0, 0.05) is 27.8 Å². The maximum atomic E-state index is 3.55. The second-order valence-electron chi connectivity index (χ2n) is 11.1. The van der Waals surface area contributed by atoms with E-state index >= 15 is 0 Å². The zero-order valence-corrected chi connectivity index (χ0v) is 24.2. The van der Waals surface area contributed by atoms with Crippen molar-refractivity contribution in [3.8, 4) is 39.1 Å². The molecule has 0 saturated carbocycles. The van der Waals surface area contributed by atoms with Crippen LogP contribution in [0.3, 0.4) is 0 Å². The smallest absolute Gasteiger partial charge is 0.0547 e. The molecular formula is C42H30N2. The summed E-state index contributed by atoms with van der Waals surface area (Å²) < 4.78 is 2.39. The maximum Gasteiger partial charge on any atom is 0.0547 e. The second kappa shape index (κ2) is 11.1. The molecule has 0 amide bonds. The molecule has 0 saturated heterocycles. The molecule has 0 aliphatic rings. The van der Waals surface area contributed by atoms with Crippen molar-refractivity contribution in [1.29, 1.82) is 0 Å². The Morgan fingerprint density at radius 1 is 0.318 bits per heavy atom. The summed E-state index contributed by atoms with van der Waals surface area (Å²) in [5.74, 6) is 0. The summed E-state index contributed by atoms with van der Waals surface area (Å²) in [6, 6.07) is 62.7. The van der Waals surface area contributed by atoms with Crippen LogP contribution in [0.4, 0.5) is 11.4 Å². The molecule has 8 aromatic rings. The number of fused-ring (bicyclic) bond motifs is 3. The highest BCUT2D eigenvalue weighted by Crippen LogP contribution is 2.36. The predicted molar refractivity (Wildman–Crippen MR) is 187 cm³/mol. The summed E-state index contributed by atoms with van der Waals surface area (Å²) in [7, 11) is 0. The Morgan fingerprint density at radius 2 is 0.750 bits per heavy atom. The lowest BCUT2D eigenvalue weighted by Gasteiger charge is -2.11. The Labute approximate surface area is 257 Å². The van der Waals surface area contributed by atoms with Crippen molar-refractivity contribution in [2.75, 3.05) is 5.32 Å². The number of para-hydroxylation sites is 1. The molecule has 0 fully saturated rings. The van der Waals surface area contributed by atoms with Crippen molar-refractivity contribution in [3.05, 3.63) is 176 Å². The monoisotopic (exact) mass is 562 g/mol. The van der Waals surface area contributed by atoms with Crippen LogP contribution in [0.5, 0.6) is 0 Å². The largest absolute Gasteiger partial charge is 0.356 e. The summed E-state index contributed by atoms with van der Waals surface area (Å²) >= 11 is 0. The summed E-state index contributed by atoms with van der Waals surface area (Å²) in [5, 5.41) is 6.07. The zero-order valence-electron chi connectivity index (χ0n) is 24.2. The highest BCUT2D eigenvalue weighted by atomic mass is 15.0. The van der Waals surface area contributed by atoms with E-state index in [2.05, 4.69) is 180 Å². The van der Waals surface area contributed by atoms with Gasteiger partial charge >= 0.3 is 0 Å². The van der Waals surface area contributed by atoms with E-state index in [9.17, 15) is 0 Å². The van der Waals surface area contributed by atoms with Crippen LogP contribution < -0.4 is 5.32 Å². The third-order valence-electron chi connectivity index (χ3n) is 8.41. The van der Waals surface area contributed by atoms with Gasteiger partial charge in [0.25, 0.3) is 0 Å². The number of nitrogens with one attached hydrogen (secondary N) is 1. The Kier molecular flexibility index (Phi) is 6.51. The van der Waals surface area contributed by atoms with Crippen LogP contribution in [0.15, 0.2) is 176 Å². The Morgan fingerprint density at radius 3 is 1.34 bits per heavy atom. The van der Waals surface area contributed by atoms with E-state index in [0.717, 1.165) is 17.1 Å². The molecule has 2 nitrogen and oxygen atoms in total. The molecule has 0 unspecified atom stereocenters. The molecule has 1 aromatic heterocycles. The molecule has 0 spiro atoms. The molecule has 44 heavy (non-hydrogen) atoms. The number of benzene rings is 7. The van der Waals surface area contributed by atoms with Gasteiger partial charge in [-0.2, -0.15) is 0 Å². The zero-order chi connectivity index (χ0) is 29.3. The van der Waals surface area contributed by atoms with E-state index in [1.165, 1.54) is 55.2 Å². The Balaban J connectivity index is 1.11. The van der Waals surface area contributed by atoms with Crippen LogP contribution >= 0.6 is 0 Å². The molecule has 0 aliphatic carbocycles. The fourth-order valence-corrected chi connectivity index (χ4v) is 6.15. The van der Waals surface area contributed by atoms with Crippen molar-refractivity contribution < 1.29 is 0 Å². The summed E-state index contributed by atoms with van der Waals surface area (Å²) in [6.45, 7) is 0.